The maximum Gasteiger partial charge on any atom is 0.230 e. The topological polar surface area (TPSA) is 84.4 Å². The maximum atomic E-state index is 12.0. The summed E-state index contributed by atoms with van der Waals surface area (Å²) in [6.07, 6.45) is 2.32. The molecule has 0 aromatic carbocycles. The molecule has 2 amide bonds. The van der Waals surface area contributed by atoms with Gasteiger partial charge in [-0.3, -0.25) is 9.59 Å². The Morgan fingerprint density at radius 1 is 1.24 bits per heavy atom. The van der Waals surface area contributed by atoms with Gasteiger partial charge in [-0.2, -0.15) is 0 Å². The molecule has 0 bridgehead atoms. The van der Waals surface area contributed by atoms with Crippen LogP contribution in [-0.2, 0) is 14.3 Å². The van der Waals surface area contributed by atoms with Crippen LogP contribution in [0.2, 0.25) is 0 Å². The Morgan fingerprint density at radius 3 is 2.68 bits per heavy atom. The van der Waals surface area contributed by atoms with Gasteiger partial charge >= 0.3 is 0 Å². The Hall–Kier alpha value is -0.840. The molecule has 7 nitrogen and oxygen atoms in total. The lowest BCUT2D eigenvalue weighted by Crippen LogP contribution is -2.40. The molecule has 1 aliphatic heterocycles. The Labute approximate surface area is 160 Å². The summed E-state index contributed by atoms with van der Waals surface area (Å²) < 4.78 is 6.94. The molecule has 1 aromatic rings. The highest BCUT2D eigenvalue weighted by atomic mass is 32.2. The summed E-state index contributed by atoms with van der Waals surface area (Å²) in [7, 11) is 0. The number of morpholine rings is 1. The summed E-state index contributed by atoms with van der Waals surface area (Å²) in [6, 6.07) is 0. The van der Waals surface area contributed by atoms with Crippen LogP contribution in [0.15, 0.2) is 8.68 Å². The number of rotatable bonds is 10. The first kappa shape index (κ1) is 20.5. The third-order valence-electron chi connectivity index (χ3n) is 3.41. The molecule has 0 aliphatic carbocycles. The summed E-state index contributed by atoms with van der Waals surface area (Å²) in [5, 5.41) is 11.1. The van der Waals surface area contributed by atoms with E-state index >= 15 is 0 Å². The molecule has 25 heavy (non-hydrogen) atoms. The number of aromatic nitrogens is 2. The van der Waals surface area contributed by atoms with Gasteiger partial charge in [0.1, 0.15) is 0 Å². The van der Waals surface area contributed by atoms with Gasteiger partial charge in [-0.05, 0) is 12.8 Å². The van der Waals surface area contributed by atoms with Crippen molar-refractivity contribution in [3.8, 4) is 0 Å². The number of nitrogens with one attached hydrogen (secondary N) is 1. The Balaban J connectivity index is 1.59. The van der Waals surface area contributed by atoms with E-state index in [1.165, 1.54) is 23.1 Å². The zero-order valence-electron chi connectivity index (χ0n) is 14.4. The van der Waals surface area contributed by atoms with Crippen LogP contribution >= 0.6 is 34.9 Å². The highest BCUT2D eigenvalue weighted by Gasteiger charge is 2.16. The van der Waals surface area contributed by atoms with E-state index in [0.29, 0.717) is 45.0 Å². The predicted molar refractivity (Wildman–Crippen MR) is 101 cm³/mol. The summed E-state index contributed by atoms with van der Waals surface area (Å²) in [6.45, 7) is 5.42. The average Bonchev–Trinajstić information content (AvgIpc) is 3.10. The van der Waals surface area contributed by atoms with Gasteiger partial charge in [-0.1, -0.05) is 41.8 Å². The molecule has 0 radical (unpaired) electrons. The van der Waals surface area contributed by atoms with Crippen molar-refractivity contribution in [1.82, 2.24) is 20.4 Å². The monoisotopic (exact) mass is 404 g/mol. The lowest BCUT2D eigenvalue weighted by Gasteiger charge is -2.26. The average molecular weight is 405 g/mol. The molecule has 1 N–H and O–H groups in total. The van der Waals surface area contributed by atoms with Gasteiger partial charge in [0.05, 0.1) is 19.0 Å². The molecule has 2 rings (SSSR count). The van der Waals surface area contributed by atoms with Gasteiger partial charge in [0.15, 0.2) is 8.68 Å². The van der Waals surface area contributed by atoms with Crippen LogP contribution in [0, 0.1) is 0 Å². The summed E-state index contributed by atoms with van der Waals surface area (Å²) >= 11 is 4.52. The van der Waals surface area contributed by atoms with Crippen molar-refractivity contribution in [3.05, 3.63) is 0 Å². The molecule has 0 unspecified atom stereocenters. The second-order valence-corrected chi connectivity index (χ2v) is 8.96. The number of ether oxygens (including phenoxy) is 1. The first-order valence-corrected chi connectivity index (χ1v) is 11.2. The van der Waals surface area contributed by atoms with E-state index in [0.717, 1.165) is 27.3 Å². The second kappa shape index (κ2) is 11.7. The smallest absolute Gasteiger partial charge is 0.230 e. The minimum Gasteiger partial charge on any atom is -0.378 e. The molecule has 0 saturated carbocycles. The Bertz CT molecular complexity index is 550. The lowest BCUT2D eigenvalue weighted by atomic mass is 10.3. The molecule has 10 heteroatoms. The number of thioether (sulfide) groups is 2. The molecular weight excluding hydrogens is 380 g/mol. The van der Waals surface area contributed by atoms with Gasteiger partial charge < -0.3 is 15.0 Å². The number of hydrogen-bond donors (Lipinski definition) is 1. The third-order valence-corrected chi connectivity index (χ3v) is 6.69. The van der Waals surface area contributed by atoms with Crippen LogP contribution in [-0.4, -0.2) is 71.3 Å². The third kappa shape index (κ3) is 7.93. The first-order chi connectivity index (χ1) is 12.2. The highest BCUT2D eigenvalue weighted by Crippen LogP contribution is 2.29. The highest BCUT2D eigenvalue weighted by molar-refractivity contribution is 8.03. The molecule has 1 saturated heterocycles. The van der Waals surface area contributed by atoms with E-state index in [2.05, 4.69) is 15.5 Å². The zero-order chi connectivity index (χ0) is 17.9. The van der Waals surface area contributed by atoms with Crippen LogP contribution in [0.5, 0.6) is 0 Å². The number of nitrogens with zero attached hydrogens (tertiary/aromatic N) is 3. The summed E-state index contributed by atoms with van der Waals surface area (Å²) in [5.74, 6) is 1.44. The number of carbonyl (C=O) groups is 2. The number of carbonyl (C=O) groups excluding carboxylic acids is 2. The Morgan fingerprint density at radius 2 is 1.96 bits per heavy atom. The van der Waals surface area contributed by atoms with Crippen LogP contribution in [0.3, 0.4) is 0 Å². The molecule has 1 aromatic heterocycles. The first-order valence-electron chi connectivity index (χ1n) is 8.40. The van der Waals surface area contributed by atoms with Crippen LogP contribution in [0.1, 0.15) is 26.2 Å². The van der Waals surface area contributed by atoms with E-state index < -0.39 is 0 Å². The van der Waals surface area contributed by atoms with Crippen molar-refractivity contribution < 1.29 is 14.3 Å². The van der Waals surface area contributed by atoms with Gasteiger partial charge in [0.25, 0.3) is 0 Å². The van der Waals surface area contributed by atoms with E-state index in [1.807, 2.05) is 11.8 Å². The van der Waals surface area contributed by atoms with E-state index in [9.17, 15) is 9.59 Å². The second-order valence-electron chi connectivity index (χ2n) is 5.42. The molecule has 140 valence electrons. The fourth-order valence-corrected chi connectivity index (χ4v) is 4.97. The van der Waals surface area contributed by atoms with Crippen molar-refractivity contribution in [2.45, 2.75) is 34.9 Å². The van der Waals surface area contributed by atoms with Crippen LogP contribution in [0.4, 0.5) is 0 Å². The molecule has 1 aliphatic rings. The maximum absolute atomic E-state index is 12.0. The SMILES string of the molecule is CCCNC(=O)CSc1nnc(SCCCC(=O)N2CCOCC2)s1. The molecular formula is C15H24N4O3S3. The minimum atomic E-state index is 0.0258. The van der Waals surface area contributed by atoms with Crippen molar-refractivity contribution in [1.29, 1.82) is 0 Å². The van der Waals surface area contributed by atoms with Gasteiger partial charge in [0, 0.05) is 31.8 Å². The van der Waals surface area contributed by atoms with Crippen molar-refractivity contribution in [3.63, 3.8) is 0 Å². The minimum absolute atomic E-state index is 0.0258. The molecule has 0 spiro atoms. The van der Waals surface area contributed by atoms with Crippen molar-refractivity contribution in [2.75, 3.05) is 44.4 Å². The fraction of sp³-hybridized carbons (Fsp3) is 0.733. The van der Waals surface area contributed by atoms with Gasteiger partial charge in [0.2, 0.25) is 11.8 Å². The quantitative estimate of drug-likeness (QED) is 0.471. The largest absolute Gasteiger partial charge is 0.378 e. The van der Waals surface area contributed by atoms with E-state index in [-0.39, 0.29) is 11.8 Å². The zero-order valence-corrected chi connectivity index (χ0v) is 16.8. The number of hydrogen-bond acceptors (Lipinski definition) is 8. The molecule has 1 fully saturated rings. The summed E-state index contributed by atoms with van der Waals surface area (Å²) in [4.78, 5) is 25.5. The van der Waals surface area contributed by atoms with Crippen molar-refractivity contribution in [2.24, 2.45) is 0 Å². The fourth-order valence-electron chi connectivity index (χ4n) is 2.11. The van der Waals surface area contributed by atoms with E-state index in [4.69, 9.17) is 4.74 Å². The predicted octanol–water partition coefficient (Wildman–Crippen LogP) is 1.89. The van der Waals surface area contributed by atoms with Crippen LogP contribution in [0.25, 0.3) is 0 Å². The molecule has 2 heterocycles. The molecule has 0 atom stereocenters. The summed E-state index contributed by atoms with van der Waals surface area (Å²) in [5.41, 5.74) is 0. The normalized spacial score (nSPS) is 14.5. The van der Waals surface area contributed by atoms with Gasteiger partial charge in [-0.15, -0.1) is 10.2 Å². The Kier molecular flexibility index (Phi) is 9.59. The standard InChI is InChI=1S/C15H24N4O3S3/c1-2-5-16-12(20)11-24-15-18-17-14(25-15)23-10-3-4-13(21)19-6-8-22-9-7-19/h2-11H2,1H3,(H,16,20). The van der Waals surface area contributed by atoms with Crippen LogP contribution < -0.4 is 5.32 Å². The number of amides is 2. The van der Waals surface area contributed by atoms with Crippen molar-refractivity contribution >= 4 is 46.7 Å². The van der Waals surface area contributed by atoms with Gasteiger partial charge in [-0.25, -0.2) is 0 Å². The lowest BCUT2D eigenvalue weighted by molar-refractivity contribution is -0.135. The van der Waals surface area contributed by atoms with E-state index in [1.54, 1.807) is 11.8 Å².